The van der Waals surface area contributed by atoms with Gasteiger partial charge in [-0.05, 0) is 0 Å². The Bertz CT molecular complexity index is 50.5. The maximum atomic E-state index is 6.81. The molecule has 0 aliphatic rings. The zero-order chi connectivity index (χ0) is 6.41. The molecule has 0 amide bonds. The Hall–Kier alpha value is 0.343. The van der Waals surface area contributed by atoms with E-state index in [1.807, 2.05) is 20.6 Å². The van der Waals surface area contributed by atoms with E-state index in [0.717, 1.165) is 13.1 Å². The van der Waals surface area contributed by atoms with Crippen LogP contribution in [-0.2, 0) is 0 Å². The minimum absolute atomic E-state index is 0. The molecule has 0 fully saturated rings. The Labute approximate surface area is 68.7 Å². The van der Waals surface area contributed by atoms with Crippen LogP contribution in [0.4, 0.5) is 0 Å². The molecule has 0 saturated heterocycles. The zero-order valence-electron chi connectivity index (χ0n) is 5.67. The van der Waals surface area contributed by atoms with Gasteiger partial charge in [-0.1, -0.05) is 0 Å². The van der Waals surface area contributed by atoms with Crippen LogP contribution in [0, 0.1) is 0 Å². The Morgan fingerprint density at radius 2 is 1.30 bits per heavy atom. The molecule has 0 aliphatic carbocycles. The van der Waals surface area contributed by atoms with Crippen LogP contribution in [0.5, 0.6) is 0 Å². The molecule has 6 heteroatoms. The molecule has 3 radical (unpaired) electrons. The van der Waals surface area contributed by atoms with Gasteiger partial charge >= 0.3 is 57.1 Å². The average Bonchev–Trinajstić information content (AvgIpc) is 1.68. The molecular weight excluding hydrogens is 199 g/mol. The van der Waals surface area contributed by atoms with Crippen molar-refractivity contribution in [3.05, 3.63) is 0 Å². The second-order valence-corrected chi connectivity index (χ2v) is 2.81. The SMILES string of the molecule is [OH-].[OH-].[OH2+]CC[N]([Ge])CC[OH2+]. The van der Waals surface area contributed by atoms with Gasteiger partial charge in [0.2, 0.25) is 0 Å². The Balaban J connectivity index is -0.000000245. The third kappa shape index (κ3) is 11.2. The molecule has 0 rings (SSSR count). The molecule has 63 valence electrons. The van der Waals surface area contributed by atoms with Gasteiger partial charge in [0, 0.05) is 0 Å². The molecule has 0 unspecified atom stereocenters. The number of nitrogens with zero attached hydrogens (tertiary/aromatic N) is 1. The summed E-state index contributed by atoms with van der Waals surface area (Å²) in [6.45, 7) is 2.46. The quantitative estimate of drug-likeness (QED) is 0.379. The van der Waals surface area contributed by atoms with Gasteiger partial charge in [0.1, 0.15) is 0 Å². The molecule has 0 atom stereocenters. The van der Waals surface area contributed by atoms with Crippen molar-refractivity contribution < 1.29 is 21.2 Å². The van der Waals surface area contributed by atoms with Crippen LogP contribution in [0.15, 0.2) is 0 Å². The molecule has 0 aromatic heterocycles. The van der Waals surface area contributed by atoms with Crippen molar-refractivity contribution >= 4 is 16.7 Å². The predicted molar refractivity (Wildman–Crippen MR) is 38.2 cm³/mol. The van der Waals surface area contributed by atoms with Crippen molar-refractivity contribution in [1.82, 2.24) is 3.86 Å². The van der Waals surface area contributed by atoms with E-state index in [4.69, 9.17) is 10.2 Å². The molecule has 5 nitrogen and oxygen atoms in total. The normalized spacial score (nSPS) is 8.40. The van der Waals surface area contributed by atoms with Crippen LogP contribution < -0.4 is 0 Å². The summed E-state index contributed by atoms with van der Waals surface area (Å²) in [5.74, 6) is 0. The van der Waals surface area contributed by atoms with Crippen molar-refractivity contribution in [3.63, 3.8) is 0 Å². The number of hydrogen-bond donors (Lipinski definition) is 0. The molecule has 0 aromatic carbocycles. The molecule has 0 bridgehead atoms. The first-order chi connectivity index (χ1) is 3.81. The maximum absolute atomic E-state index is 6.81. The fourth-order valence-electron chi connectivity index (χ4n) is 0.382. The summed E-state index contributed by atoms with van der Waals surface area (Å²) in [4.78, 5) is 0. The van der Waals surface area contributed by atoms with Crippen LogP contribution in [-0.4, -0.2) is 68.1 Å². The van der Waals surface area contributed by atoms with Crippen LogP contribution >= 0.6 is 0 Å². The van der Waals surface area contributed by atoms with Crippen LogP contribution in [0.2, 0.25) is 0 Å². The van der Waals surface area contributed by atoms with Crippen molar-refractivity contribution in [2.24, 2.45) is 0 Å². The van der Waals surface area contributed by atoms with Crippen LogP contribution in [0.25, 0.3) is 0 Å². The first-order valence-electron chi connectivity index (χ1n) is 2.56. The third-order valence-electron chi connectivity index (χ3n) is 0.763. The van der Waals surface area contributed by atoms with E-state index < -0.39 is 0 Å². The molecular formula is C4H14GeNO4. The summed E-state index contributed by atoms with van der Waals surface area (Å²) in [5.41, 5.74) is 0. The second-order valence-electron chi connectivity index (χ2n) is 1.49. The van der Waals surface area contributed by atoms with E-state index in [1.165, 1.54) is 0 Å². The van der Waals surface area contributed by atoms with E-state index in [2.05, 4.69) is 0 Å². The predicted octanol–water partition coefficient (Wildman–Crippen LogP) is -2.53. The molecule has 0 saturated carbocycles. The Morgan fingerprint density at radius 1 is 1.00 bits per heavy atom. The van der Waals surface area contributed by atoms with Gasteiger partial charge in [-0.15, -0.1) is 0 Å². The van der Waals surface area contributed by atoms with Gasteiger partial charge in [-0.25, -0.2) is 0 Å². The first-order valence-corrected chi connectivity index (χ1v) is 3.50. The van der Waals surface area contributed by atoms with E-state index in [9.17, 15) is 0 Å². The second kappa shape index (κ2) is 12.1. The van der Waals surface area contributed by atoms with Gasteiger partial charge in [0.25, 0.3) is 0 Å². The van der Waals surface area contributed by atoms with E-state index in [1.54, 1.807) is 0 Å². The summed E-state index contributed by atoms with van der Waals surface area (Å²) < 4.78 is 1.99. The molecule has 10 heavy (non-hydrogen) atoms. The first kappa shape index (κ1) is 16.7. The molecule has 0 aliphatic heterocycles. The zero-order valence-corrected chi connectivity index (χ0v) is 7.77. The molecule has 0 aromatic rings. The van der Waals surface area contributed by atoms with Crippen molar-refractivity contribution in [3.8, 4) is 0 Å². The van der Waals surface area contributed by atoms with Gasteiger partial charge in [0.05, 0.1) is 0 Å². The van der Waals surface area contributed by atoms with Gasteiger partial charge in [0.15, 0.2) is 0 Å². The summed E-state index contributed by atoms with van der Waals surface area (Å²) >= 11 is 1.93. The standard InChI is InChI=1S/C4H10GeNO2.2H2O/c5-6(1-3-7)2-4-8;;/h7-8H,1-4H2;2*1H2. The van der Waals surface area contributed by atoms with E-state index in [0.29, 0.717) is 13.2 Å². The van der Waals surface area contributed by atoms with Gasteiger partial charge in [-0.2, -0.15) is 0 Å². The summed E-state index contributed by atoms with van der Waals surface area (Å²) in [6, 6.07) is 0. The van der Waals surface area contributed by atoms with Gasteiger partial charge < -0.3 is 11.0 Å². The summed E-state index contributed by atoms with van der Waals surface area (Å²) in [6.07, 6.45) is 0. The number of hydrogen-bond acceptors (Lipinski definition) is 3. The van der Waals surface area contributed by atoms with Crippen molar-refractivity contribution in [2.75, 3.05) is 26.3 Å². The van der Waals surface area contributed by atoms with Crippen LogP contribution in [0.1, 0.15) is 0 Å². The Morgan fingerprint density at radius 3 is 1.50 bits per heavy atom. The third-order valence-corrected chi connectivity index (χ3v) is 1.70. The molecule has 0 spiro atoms. The summed E-state index contributed by atoms with van der Waals surface area (Å²) in [7, 11) is 0. The summed E-state index contributed by atoms with van der Waals surface area (Å²) in [5, 5.41) is 13.6. The number of rotatable bonds is 4. The monoisotopic (exact) mass is 214 g/mol. The molecule has 6 N–H and O–H groups in total. The average molecular weight is 213 g/mol. The molecule has 0 heterocycles. The van der Waals surface area contributed by atoms with Crippen molar-refractivity contribution in [1.29, 1.82) is 0 Å². The van der Waals surface area contributed by atoms with Crippen LogP contribution in [0.3, 0.4) is 0 Å². The van der Waals surface area contributed by atoms with Gasteiger partial charge in [-0.3, -0.25) is 0 Å². The minimum atomic E-state index is 0. The fourth-order valence-corrected chi connectivity index (χ4v) is 0.851. The van der Waals surface area contributed by atoms with E-state index in [-0.39, 0.29) is 11.0 Å². The fraction of sp³-hybridized carbons (Fsp3) is 1.00. The van der Waals surface area contributed by atoms with Crippen molar-refractivity contribution in [2.45, 2.75) is 0 Å². The Kier molecular flexibility index (Phi) is 20.2. The van der Waals surface area contributed by atoms with E-state index >= 15 is 0 Å². The topological polar surface area (TPSA) is 109 Å².